The van der Waals surface area contributed by atoms with Crippen LogP contribution in [0.25, 0.3) is 0 Å². The molecule has 0 spiro atoms. The molecular formula is C17H28O2. The molecule has 0 heterocycles. The Hall–Kier alpha value is -0.790. The molecule has 2 nitrogen and oxygen atoms in total. The van der Waals surface area contributed by atoms with E-state index in [1.54, 1.807) is 38.5 Å². The summed E-state index contributed by atoms with van der Waals surface area (Å²) in [6.07, 6.45) is 9.51. The lowest BCUT2D eigenvalue weighted by atomic mass is 9.47. The summed E-state index contributed by atoms with van der Waals surface area (Å²) < 4.78 is 0. The lowest BCUT2D eigenvalue weighted by Crippen LogP contribution is -2.48. The number of hydrogen-bond acceptors (Lipinski definition) is 1. The molecule has 4 saturated carbocycles. The number of carbonyl (C=O) groups is 1. The van der Waals surface area contributed by atoms with E-state index in [0.717, 1.165) is 29.1 Å². The molecule has 0 unspecified atom stereocenters. The summed E-state index contributed by atoms with van der Waals surface area (Å²) in [6.45, 7) is 9.53. The van der Waals surface area contributed by atoms with E-state index < -0.39 is 5.97 Å². The summed E-state index contributed by atoms with van der Waals surface area (Å²) in [4.78, 5) is 9.60. The molecule has 4 aliphatic carbocycles. The van der Waals surface area contributed by atoms with Gasteiger partial charge in [0.15, 0.2) is 0 Å². The number of hydrogen-bond donors (Lipinski definition) is 1. The largest absolute Gasteiger partial charge is 0.478 e. The van der Waals surface area contributed by atoms with E-state index in [0.29, 0.717) is 0 Å². The fourth-order valence-corrected chi connectivity index (χ4v) is 4.88. The molecule has 1 N–H and O–H groups in total. The first kappa shape index (κ1) is 14.6. The maximum absolute atomic E-state index is 9.60. The van der Waals surface area contributed by atoms with E-state index in [-0.39, 0.29) is 5.57 Å². The molecule has 19 heavy (non-hydrogen) atoms. The summed E-state index contributed by atoms with van der Waals surface area (Å²) in [5.74, 6) is 3.41. The van der Waals surface area contributed by atoms with Crippen LogP contribution in [0.5, 0.6) is 0 Å². The summed E-state index contributed by atoms with van der Waals surface area (Å²) >= 11 is 0. The second-order valence-corrected chi connectivity index (χ2v) is 7.52. The number of aliphatic carboxylic acids is 1. The third kappa shape index (κ3) is 3.04. The highest BCUT2D eigenvalue weighted by molar-refractivity contribution is 5.84. The normalized spacial score (nSPS) is 38.8. The van der Waals surface area contributed by atoms with Crippen LogP contribution in [0.1, 0.15) is 59.3 Å². The molecule has 4 rings (SSSR count). The molecule has 4 bridgehead atoms. The van der Waals surface area contributed by atoms with Crippen LogP contribution in [0.3, 0.4) is 0 Å². The van der Waals surface area contributed by atoms with Crippen molar-refractivity contribution < 1.29 is 9.90 Å². The Bertz CT molecular complexity index is 320. The Morgan fingerprint density at radius 3 is 1.63 bits per heavy atom. The van der Waals surface area contributed by atoms with Crippen LogP contribution in [-0.4, -0.2) is 11.1 Å². The topological polar surface area (TPSA) is 37.3 Å². The van der Waals surface area contributed by atoms with Gasteiger partial charge in [0.25, 0.3) is 0 Å². The van der Waals surface area contributed by atoms with E-state index >= 15 is 0 Å². The minimum absolute atomic E-state index is 0.176. The van der Waals surface area contributed by atoms with Crippen LogP contribution in [0, 0.1) is 29.1 Å². The van der Waals surface area contributed by atoms with E-state index in [1.165, 1.54) is 6.92 Å². The molecule has 4 fully saturated rings. The Morgan fingerprint density at radius 2 is 1.42 bits per heavy atom. The van der Waals surface area contributed by atoms with Gasteiger partial charge in [-0.3, -0.25) is 0 Å². The smallest absolute Gasteiger partial charge is 0.330 e. The highest BCUT2D eigenvalue weighted by atomic mass is 16.4. The summed E-state index contributed by atoms with van der Waals surface area (Å²) in [7, 11) is 0. The molecule has 0 aliphatic heterocycles. The average molecular weight is 264 g/mol. The van der Waals surface area contributed by atoms with Gasteiger partial charge in [-0.15, -0.1) is 0 Å². The lowest BCUT2D eigenvalue weighted by molar-refractivity contribution is -0.132. The van der Waals surface area contributed by atoms with Crippen LogP contribution in [0.15, 0.2) is 12.2 Å². The van der Waals surface area contributed by atoms with Gasteiger partial charge in [0.1, 0.15) is 0 Å². The van der Waals surface area contributed by atoms with Gasteiger partial charge in [-0.25, -0.2) is 4.79 Å². The highest BCUT2D eigenvalue weighted by Crippen LogP contribution is 2.62. The maximum Gasteiger partial charge on any atom is 0.330 e. The van der Waals surface area contributed by atoms with Gasteiger partial charge < -0.3 is 5.11 Å². The van der Waals surface area contributed by atoms with Crippen LogP contribution in [-0.2, 0) is 4.79 Å². The first-order valence-corrected chi connectivity index (χ1v) is 7.71. The number of rotatable bonds is 2. The third-order valence-corrected chi connectivity index (χ3v) is 5.68. The Labute approximate surface area is 117 Å². The Kier molecular flexibility index (Phi) is 4.08. The third-order valence-electron chi connectivity index (χ3n) is 5.68. The van der Waals surface area contributed by atoms with E-state index in [4.69, 9.17) is 5.11 Å². The predicted molar refractivity (Wildman–Crippen MR) is 77.9 cm³/mol. The van der Waals surface area contributed by atoms with Crippen molar-refractivity contribution in [2.45, 2.75) is 59.3 Å². The molecule has 0 atom stereocenters. The molecule has 0 radical (unpaired) electrons. The van der Waals surface area contributed by atoms with Crippen molar-refractivity contribution in [1.29, 1.82) is 0 Å². The van der Waals surface area contributed by atoms with Gasteiger partial charge in [-0.2, -0.15) is 0 Å². The molecular weight excluding hydrogens is 236 g/mol. The predicted octanol–water partition coefficient (Wildman–Crippen LogP) is 4.51. The summed E-state index contributed by atoms with van der Waals surface area (Å²) in [5.41, 5.74) is 0.976. The first-order chi connectivity index (χ1) is 8.82. The van der Waals surface area contributed by atoms with Crippen LogP contribution in [0.4, 0.5) is 0 Å². The Morgan fingerprint density at radius 1 is 1.11 bits per heavy atom. The van der Waals surface area contributed by atoms with Gasteiger partial charge in [-0.05, 0) is 74.5 Å². The van der Waals surface area contributed by atoms with Crippen molar-refractivity contribution in [3.63, 3.8) is 0 Å². The lowest BCUT2D eigenvalue weighted by Gasteiger charge is -2.58. The zero-order valence-corrected chi connectivity index (χ0v) is 12.6. The van der Waals surface area contributed by atoms with Crippen molar-refractivity contribution in [3.8, 4) is 0 Å². The second-order valence-electron chi connectivity index (χ2n) is 7.52. The number of carboxylic acids is 1. The van der Waals surface area contributed by atoms with Crippen molar-refractivity contribution in [2.24, 2.45) is 29.1 Å². The Balaban J connectivity index is 0.000000192. The van der Waals surface area contributed by atoms with Gasteiger partial charge in [0.05, 0.1) is 0 Å². The second kappa shape index (κ2) is 5.30. The average Bonchev–Trinajstić information content (AvgIpc) is 2.27. The first-order valence-electron chi connectivity index (χ1n) is 7.71. The van der Waals surface area contributed by atoms with Gasteiger partial charge in [-0.1, -0.05) is 20.4 Å². The minimum Gasteiger partial charge on any atom is -0.478 e. The van der Waals surface area contributed by atoms with E-state index in [2.05, 4.69) is 20.4 Å². The number of carboxylic acid groups (broad SMARTS) is 1. The molecule has 0 aromatic rings. The molecule has 0 saturated heterocycles. The highest BCUT2D eigenvalue weighted by Gasteiger charge is 2.51. The van der Waals surface area contributed by atoms with Crippen molar-refractivity contribution >= 4 is 5.97 Å². The molecule has 4 aliphatic rings. The monoisotopic (exact) mass is 264 g/mol. The summed E-state index contributed by atoms with van der Waals surface area (Å²) in [6, 6.07) is 0. The quantitative estimate of drug-likeness (QED) is 0.745. The SMILES string of the molecule is C=C(C)C(=O)O.CC(C)C12CC3CC(CC(C3)C1)C2. The molecule has 2 heteroatoms. The van der Waals surface area contributed by atoms with Crippen LogP contribution in [0.2, 0.25) is 0 Å². The van der Waals surface area contributed by atoms with Crippen LogP contribution >= 0.6 is 0 Å². The van der Waals surface area contributed by atoms with Crippen LogP contribution < -0.4 is 0 Å². The summed E-state index contributed by atoms with van der Waals surface area (Å²) in [5, 5.41) is 7.89. The molecule has 0 aromatic heterocycles. The van der Waals surface area contributed by atoms with Gasteiger partial charge in [0, 0.05) is 5.57 Å². The van der Waals surface area contributed by atoms with Crippen molar-refractivity contribution in [1.82, 2.24) is 0 Å². The standard InChI is InChI=1S/C13H22.C4H6O2/c1-9(2)13-6-10-3-11(7-13)5-12(4-10)8-13;1-3(2)4(5)6/h9-12H,3-8H2,1-2H3;1H2,2H3,(H,5,6). The zero-order valence-electron chi connectivity index (χ0n) is 12.6. The van der Waals surface area contributed by atoms with E-state index in [1.807, 2.05) is 0 Å². The molecule has 0 amide bonds. The minimum atomic E-state index is -0.935. The molecule has 108 valence electrons. The van der Waals surface area contributed by atoms with Crippen molar-refractivity contribution in [2.75, 3.05) is 0 Å². The van der Waals surface area contributed by atoms with Gasteiger partial charge in [0.2, 0.25) is 0 Å². The maximum atomic E-state index is 9.60. The van der Waals surface area contributed by atoms with Crippen molar-refractivity contribution in [3.05, 3.63) is 12.2 Å². The van der Waals surface area contributed by atoms with Gasteiger partial charge >= 0.3 is 5.97 Å². The van der Waals surface area contributed by atoms with E-state index in [9.17, 15) is 4.79 Å². The molecule has 0 aromatic carbocycles. The zero-order chi connectivity index (χ0) is 14.2. The fourth-order valence-electron chi connectivity index (χ4n) is 4.88. The fraction of sp³-hybridized carbons (Fsp3) is 0.824.